The molecule has 0 fully saturated rings. The zero-order valence-electron chi connectivity index (χ0n) is 14.2. The molecule has 5 heteroatoms. The molecule has 126 valence electrons. The van der Waals surface area contributed by atoms with Crippen LogP contribution in [0, 0.1) is 5.92 Å². The average Bonchev–Trinajstić information content (AvgIpc) is 2.46. The summed E-state index contributed by atoms with van der Waals surface area (Å²) in [7, 11) is 1.72. The third kappa shape index (κ3) is 8.58. The molecule has 4 nitrogen and oxygen atoms in total. The molecule has 0 aliphatic carbocycles. The Morgan fingerprint density at radius 3 is 2.45 bits per heavy atom. The second-order valence-corrected chi connectivity index (χ2v) is 5.51. The second-order valence-electron chi connectivity index (χ2n) is 5.51. The number of rotatable bonds is 8. The highest BCUT2D eigenvalue weighted by Crippen LogP contribution is 2.11. The van der Waals surface area contributed by atoms with Crippen LogP contribution in [0.3, 0.4) is 0 Å². The minimum absolute atomic E-state index is 0. The molecule has 0 saturated carbocycles. The minimum Gasteiger partial charge on any atom is -0.380 e. The third-order valence-corrected chi connectivity index (χ3v) is 3.18. The van der Waals surface area contributed by atoms with Crippen molar-refractivity contribution >= 4 is 29.9 Å². The molecular formula is C17H30IN3O. The van der Waals surface area contributed by atoms with Crippen LogP contribution in [0.25, 0.3) is 0 Å². The number of halogens is 1. The first-order valence-corrected chi connectivity index (χ1v) is 7.75. The fourth-order valence-electron chi connectivity index (χ4n) is 1.99. The lowest BCUT2D eigenvalue weighted by atomic mass is 10.1. The number of methoxy groups -OCH3 is 1. The van der Waals surface area contributed by atoms with Crippen molar-refractivity contribution in [3.05, 3.63) is 35.4 Å². The fourth-order valence-corrected chi connectivity index (χ4v) is 1.99. The topological polar surface area (TPSA) is 45.7 Å². The van der Waals surface area contributed by atoms with Crippen molar-refractivity contribution in [1.82, 2.24) is 10.6 Å². The van der Waals surface area contributed by atoms with Gasteiger partial charge in [-0.3, -0.25) is 0 Å². The van der Waals surface area contributed by atoms with E-state index in [0.717, 1.165) is 25.5 Å². The number of hydrogen-bond donors (Lipinski definition) is 2. The molecule has 0 saturated heterocycles. The van der Waals surface area contributed by atoms with Crippen LogP contribution < -0.4 is 10.6 Å². The molecule has 0 spiro atoms. The normalized spacial score (nSPS) is 11.2. The highest BCUT2D eigenvalue weighted by atomic mass is 127. The van der Waals surface area contributed by atoms with E-state index in [-0.39, 0.29) is 24.0 Å². The van der Waals surface area contributed by atoms with Gasteiger partial charge in [-0.25, -0.2) is 4.99 Å². The van der Waals surface area contributed by atoms with Gasteiger partial charge in [-0.15, -0.1) is 24.0 Å². The van der Waals surface area contributed by atoms with E-state index in [9.17, 15) is 0 Å². The van der Waals surface area contributed by atoms with Crippen LogP contribution >= 0.6 is 24.0 Å². The summed E-state index contributed by atoms with van der Waals surface area (Å²) in [6, 6.07) is 8.28. The van der Waals surface area contributed by atoms with Crippen molar-refractivity contribution in [2.45, 2.75) is 40.3 Å². The Morgan fingerprint density at radius 1 is 1.18 bits per heavy atom. The minimum atomic E-state index is 0. The van der Waals surface area contributed by atoms with Crippen LogP contribution in [0.4, 0.5) is 0 Å². The first-order valence-electron chi connectivity index (χ1n) is 7.75. The van der Waals surface area contributed by atoms with Crippen molar-refractivity contribution in [3.8, 4) is 0 Å². The number of benzene rings is 1. The van der Waals surface area contributed by atoms with Crippen LogP contribution in [0.15, 0.2) is 29.3 Å². The van der Waals surface area contributed by atoms with Crippen molar-refractivity contribution in [2.75, 3.05) is 20.2 Å². The highest BCUT2D eigenvalue weighted by Gasteiger charge is 2.02. The zero-order valence-corrected chi connectivity index (χ0v) is 16.5. The summed E-state index contributed by atoms with van der Waals surface area (Å²) in [5, 5.41) is 6.67. The van der Waals surface area contributed by atoms with Crippen LogP contribution in [0.2, 0.25) is 0 Å². The third-order valence-electron chi connectivity index (χ3n) is 3.18. The van der Waals surface area contributed by atoms with Gasteiger partial charge in [0.05, 0.1) is 13.2 Å². The Hall–Kier alpha value is -0.820. The van der Waals surface area contributed by atoms with Gasteiger partial charge in [0.2, 0.25) is 0 Å². The van der Waals surface area contributed by atoms with Crippen LogP contribution in [-0.2, 0) is 17.9 Å². The Morgan fingerprint density at radius 2 is 1.86 bits per heavy atom. The lowest BCUT2D eigenvalue weighted by Gasteiger charge is -2.13. The summed E-state index contributed by atoms with van der Waals surface area (Å²) >= 11 is 0. The predicted molar refractivity (Wildman–Crippen MR) is 105 cm³/mol. The molecule has 0 aliphatic heterocycles. The van der Waals surface area contributed by atoms with Gasteiger partial charge in [-0.1, -0.05) is 38.1 Å². The molecule has 0 bridgehead atoms. The van der Waals surface area contributed by atoms with Crippen molar-refractivity contribution < 1.29 is 4.74 Å². The molecule has 0 radical (unpaired) electrons. The van der Waals surface area contributed by atoms with E-state index in [1.165, 1.54) is 11.1 Å². The molecule has 0 atom stereocenters. The fraction of sp³-hybridized carbons (Fsp3) is 0.588. The summed E-state index contributed by atoms with van der Waals surface area (Å²) in [6.07, 6.45) is 1.14. The summed E-state index contributed by atoms with van der Waals surface area (Å²) in [5.41, 5.74) is 2.40. The largest absolute Gasteiger partial charge is 0.380 e. The summed E-state index contributed by atoms with van der Waals surface area (Å²) in [6.45, 7) is 9.65. The number of hydrogen-bond acceptors (Lipinski definition) is 2. The molecule has 0 aliphatic rings. The van der Waals surface area contributed by atoms with E-state index >= 15 is 0 Å². The van der Waals surface area contributed by atoms with Gasteiger partial charge < -0.3 is 15.4 Å². The van der Waals surface area contributed by atoms with E-state index in [0.29, 0.717) is 19.1 Å². The number of nitrogens with one attached hydrogen (secondary N) is 2. The first-order chi connectivity index (χ1) is 10.2. The van der Waals surface area contributed by atoms with Gasteiger partial charge in [0, 0.05) is 20.2 Å². The van der Waals surface area contributed by atoms with Gasteiger partial charge >= 0.3 is 0 Å². The van der Waals surface area contributed by atoms with Crippen LogP contribution in [-0.4, -0.2) is 26.2 Å². The summed E-state index contributed by atoms with van der Waals surface area (Å²) < 4.78 is 5.23. The number of nitrogens with zero attached hydrogens (tertiary/aromatic N) is 1. The molecule has 0 unspecified atom stereocenters. The van der Waals surface area contributed by atoms with Crippen molar-refractivity contribution in [3.63, 3.8) is 0 Å². The monoisotopic (exact) mass is 419 g/mol. The Balaban J connectivity index is 0.00000441. The molecule has 1 aromatic rings. The standard InChI is InChI=1S/C17H29N3O.HI/c1-5-18-17(19-11-10-14(2)3)20-12-15-8-6-7-9-16(15)13-21-4;/h6-9,14H,5,10-13H2,1-4H3,(H2,18,19,20);1H. The molecule has 22 heavy (non-hydrogen) atoms. The van der Waals surface area contributed by atoms with Gasteiger partial charge in [0.25, 0.3) is 0 Å². The van der Waals surface area contributed by atoms with Crippen LogP contribution in [0.5, 0.6) is 0 Å². The second kappa shape index (κ2) is 12.7. The quantitative estimate of drug-likeness (QED) is 0.385. The number of ether oxygens (including phenoxy) is 1. The average molecular weight is 419 g/mol. The molecule has 0 heterocycles. The maximum Gasteiger partial charge on any atom is 0.191 e. The maximum absolute atomic E-state index is 5.23. The molecule has 2 N–H and O–H groups in total. The molecule has 0 amide bonds. The van der Waals surface area contributed by atoms with Gasteiger partial charge in [0.15, 0.2) is 5.96 Å². The lowest BCUT2D eigenvalue weighted by molar-refractivity contribution is 0.184. The van der Waals surface area contributed by atoms with Gasteiger partial charge in [0.1, 0.15) is 0 Å². The highest BCUT2D eigenvalue weighted by molar-refractivity contribution is 14.0. The maximum atomic E-state index is 5.23. The molecular weight excluding hydrogens is 389 g/mol. The Kier molecular flexibility index (Phi) is 12.2. The van der Waals surface area contributed by atoms with E-state index in [1.54, 1.807) is 7.11 Å². The summed E-state index contributed by atoms with van der Waals surface area (Å²) in [5.74, 6) is 1.58. The van der Waals surface area contributed by atoms with Crippen LogP contribution in [0.1, 0.15) is 38.3 Å². The van der Waals surface area contributed by atoms with E-state index < -0.39 is 0 Å². The van der Waals surface area contributed by atoms with E-state index in [2.05, 4.69) is 48.5 Å². The smallest absolute Gasteiger partial charge is 0.191 e. The number of aliphatic imine (C=N–C) groups is 1. The Labute approximate surface area is 152 Å². The SMILES string of the molecule is CCNC(=NCc1ccccc1COC)NCCC(C)C.I. The van der Waals surface area contributed by atoms with Gasteiger partial charge in [-0.05, 0) is 30.4 Å². The summed E-state index contributed by atoms with van der Waals surface area (Å²) in [4.78, 5) is 4.66. The van der Waals surface area contributed by atoms with E-state index in [4.69, 9.17) is 4.74 Å². The predicted octanol–water partition coefficient (Wildman–Crippen LogP) is 3.55. The Bertz CT molecular complexity index is 436. The molecule has 1 rings (SSSR count). The molecule has 1 aromatic carbocycles. The van der Waals surface area contributed by atoms with Crippen molar-refractivity contribution in [2.24, 2.45) is 10.9 Å². The lowest BCUT2D eigenvalue weighted by Crippen LogP contribution is -2.38. The molecule has 0 aromatic heterocycles. The van der Waals surface area contributed by atoms with E-state index in [1.807, 2.05) is 12.1 Å². The first kappa shape index (κ1) is 21.2. The van der Waals surface area contributed by atoms with Crippen molar-refractivity contribution in [1.29, 1.82) is 0 Å². The van der Waals surface area contributed by atoms with Gasteiger partial charge in [-0.2, -0.15) is 0 Å². The number of guanidine groups is 1. The zero-order chi connectivity index (χ0) is 15.5.